The second-order valence-electron chi connectivity index (χ2n) is 7.44. The van der Waals surface area contributed by atoms with Crippen LogP contribution in [0.15, 0.2) is 66.7 Å². The number of nitrogens with zero attached hydrogens (tertiary/aromatic N) is 1. The van der Waals surface area contributed by atoms with E-state index in [2.05, 4.69) is 5.32 Å². The number of Topliss-reactive ketones (excluding diaryl/α,β-unsaturated/α-hetero) is 1. The highest BCUT2D eigenvalue weighted by Gasteiger charge is 2.37. The first-order valence-electron chi connectivity index (χ1n) is 10.1. The Kier molecular flexibility index (Phi) is 6.25. The van der Waals surface area contributed by atoms with E-state index >= 15 is 0 Å². The van der Waals surface area contributed by atoms with Crippen LogP contribution < -0.4 is 10.2 Å². The van der Waals surface area contributed by atoms with E-state index < -0.39 is 30.3 Å². The quantitative estimate of drug-likeness (QED) is 0.325. The minimum Gasteiger partial charge on any atom is -0.452 e. The van der Waals surface area contributed by atoms with E-state index in [1.807, 2.05) is 0 Å². The zero-order chi connectivity index (χ0) is 24.4. The van der Waals surface area contributed by atoms with E-state index in [0.29, 0.717) is 22.0 Å². The molecule has 3 aromatic rings. The molecule has 3 aromatic carbocycles. The third-order valence-electron chi connectivity index (χ3n) is 5.09. The summed E-state index contributed by atoms with van der Waals surface area (Å²) in [5.74, 6) is -2.69. The van der Waals surface area contributed by atoms with Gasteiger partial charge in [0.15, 0.2) is 12.4 Å². The molecule has 170 valence electrons. The van der Waals surface area contributed by atoms with Crippen molar-refractivity contribution in [2.24, 2.45) is 0 Å². The van der Waals surface area contributed by atoms with Gasteiger partial charge in [0.1, 0.15) is 0 Å². The highest BCUT2D eigenvalue weighted by molar-refractivity contribution is 6.35. The average Bonchev–Trinajstić information content (AvgIpc) is 3.07. The lowest BCUT2D eigenvalue weighted by atomic mass is 10.1. The van der Waals surface area contributed by atoms with Gasteiger partial charge in [0.25, 0.3) is 17.7 Å². The van der Waals surface area contributed by atoms with Crippen LogP contribution in [0.25, 0.3) is 0 Å². The number of benzene rings is 3. The van der Waals surface area contributed by atoms with Gasteiger partial charge in [-0.15, -0.1) is 0 Å². The first-order chi connectivity index (χ1) is 16.2. The highest BCUT2D eigenvalue weighted by atomic mass is 35.5. The molecule has 0 saturated heterocycles. The standard InChI is InChI=1S/C25H17ClN2O6/c1-14(29)15-3-2-4-18(11-15)27-22(30)13-34-25(33)16-5-10-20-21(12-16)24(32)28(23(20)31)19-8-6-17(26)7-9-19/h2-12H,13H2,1H3,(H,27,30). The van der Waals surface area contributed by atoms with Crippen LogP contribution in [0.5, 0.6) is 0 Å². The smallest absolute Gasteiger partial charge is 0.338 e. The number of ketones is 1. The Hall–Kier alpha value is -4.30. The van der Waals surface area contributed by atoms with E-state index in [1.54, 1.807) is 42.5 Å². The van der Waals surface area contributed by atoms with E-state index in [9.17, 15) is 24.0 Å². The molecule has 3 amide bonds. The number of anilines is 2. The van der Waals surface area contributed by atoms with Gasteiger partial charge in [-0.05, 0) is 61.5 Å². The van der Waals surface area contributed by atoms with Gasteiger partial charge in [-0.25, -0.2) is 9.69 Å². The van der Waals surface area contributed by atoms with Gasteiger partial charge in [0.05, 0.1) is 22.4 Å². The second-order valence-corrected chi connectivity index (χ2v) is 7.88. The van der Waals surface area contributed by atoms with Crippen LogP contribution in [0.2, 0.25) is 5.02 Å². The lowest BCUT2D eigenvalue weighted by molar-refractivity contribution is -0.119. The summed E-state index contributed by atoms with van der Waals surface area (Å²) in [4.78, 5) is 62.6. The number of nitrogens with one attached hydrogen (secondary N) is 1. The van der Waals surface area contributed by atoms with Crippen LogP contribution >= 0.6 is 11.6 Å². The van der Waals surface area contributed by atoms with Crippen LogP contribution in [0, 0.1) is 0 Å². The number of fused-ring (bicyclic) bond motifs is 1. The summed E-state index contributed by atoms with van der Waals surface area (Å²) in [5.41, 5.74) is 1.39. The van der Waals surface area contributed by atoms with Gasteiger partial charge < -0.3 is 10.1 Å². The van der Waals surface area contributed by atoms with Crippen molar-refractivity contribution in [1.82, 2.24) is 0 Å². The average molecular weight is 477 g/mol. The molecule has 0 radical (unpaired) electrons. The number of halogens is 1. The number of ether oxygens (including phenoxy) is 1. The summed E-state index contributed by atoms with van der Waals surface area (Å²) in [6.45, 7) is 0.830. The topological polar surface area (TPSA) is 110 Å². The highest BCUT2D eigenvalue weighted by Crippen LogP contribution is 2.30. The molecular formula is C25H17ClN2O6. The number of amides is 3. The molecule has 8 nitrogen and oxygen atoms in total. The van der Waals surface area contributed by atoms with Crippen LogP contribution in [0.3, 0.4) is 0 Å². The fourth-order valence-corrected chi connectivity index (χ4v) is 3.55. The van der Waals surface area contributed by atoms with Crippen molar-refractivity contribution in [3.05, 3.63) is 94.0 Å². The molecule has 0 saturated carbocycles. The first-order valence-corrected chi connectivity index (χ1v) is 10.5. The first kappa shape index (κ1) is 22.9. The van der Waals surface area contributed by atoms with Crippen molar-refractivity contribution in [3.8, 4) is 0 Å². The lowest BCUT2D eigenvalue weighted by Gasteiger charge is -2.13. The van der Waals surface area contributed by atoms with Crippen LogP contribution in [-0.4, -0.2) is 36.1 Å². The molecule has 0 spiro atoms. The Morgan fingerprint density at radius 1 is 0.882 bits per heavy atom. The molecule has 1 aliphatic heterocycles. The van der Waals surface area contributed by atoms with Crippen molar-refractivity contribution in [1.29, 1.82) is 0 Å². The number of hydrogen-bond donors (Lipinski definition) is 1. The number of esters is 1. The molecule has 1 N–H and O–H groups in total. The number of carbonyl (C=O) groups is 5. The molecule has 0 bridgehead atoms. The predicted molar refractivity (Wildman–Crippen MR) is 124 cm³/mol. The van der Waals surface area contributed by atoms with E-state index in [-0.39, 0.29) is 22.5 Å². The molecular weight excluding hydrogens is 460 g/mol. The molecule has 0 unspecified atom stereocenters. The van der Waals surface area contributed by atoms with Gasteiger partial charge in [0.2, 0.25) is 0 Å². The predicted octanol–water partition coefficient (Wildman–Crippen LogP) is 4.14. The monoisotopic (exact) mass is 476 g/mol. The molecule has 1 aliphatic rings. The van der Waals surface area contributed by atoms with Crippen molar-refractivity contribution in [2.75, 3.05) is 16.8 Å². The molecule has 4 rings (SSSR count). The molecule has 1 heterocycles. The summed E-state index contributed by atoms with van der Waals surface area (Å²) in [5, 5.41) is 3.00. The second kappa shape index (κ2) is 9.29. The van der Waals surface area contributed by atoms with E-state index in [0.717, 1.165) is 4.90 Å². The summed E-state index contributed by atoms with van der Waals surface area (Å²) in [6, 6.07) is 16.5. The molecule has 9 heteroatoms. The maximum atomic E-state index is 12.8. The third-order valence-corrected chi connectivity index (χ3v) is 5.35. The Morgan fingerprint density at radius 3 is 2.29 bits per heavy atom. The van der Waals surface area contributed by atoms with Gasteiger partial charge >= 0.3 is 5.97 Å². The lowest BCUT2D eigenvalue weighted by Crippen LogP contribution is -2.29. The zero-order valence-corrected chi connectivity index (χ0v) is 18.6. The summed E-state index contributed by atoms with van der Waals surface area (Å²) < 4.78 is 5.04. The summed E-state index contributed by atoms with van der Waals surface area (Å²) in [6.07, 6.45) is 0. The van der Waals surface area contributed by atoms with E-state index in [4.69, 9.17) is 16.3 Å². The molecule has 0 fully saturated rings. The van der Waals surface area contributed by atoms with Crippen molar-refractivity contribution in [2.45, 2.75) is 6.92 Å². The number of rotatable bonds is 6. The van der Waals surface area contributed by atoms with Gasteiger partial charge in [0, 0.05) is 16.3 Å². The Bertz CT molecular complexity index is 1350. The van der Waals surface area contributed by atoms with Gasteiger partial charge in [-0.3, -0.25) is 19.2 Å². The molecule has 0 aliphatic carbocycles. The van der Waals surface area contributed by atoms with Crippen LogP contribution in [0.1, 0.15) is 48.4 Å². The summed E-state index contributed by atoms with van der Waals surface area (Å²) >= 11 is 5.87. The van der Waals surface area contributed by atoms with Crippen molar-refractivity contribution in [3.63, 3.8) is 0 Å². The largest absolute Gasteiger partial charge is 0.452 e. The number of hydrogen-bond acceptors (Lipinski definition) is 6. The SMILES string of the molecule is CC(=O)c1cccc(NC(=O)COC(=O)c2ccc3c(c2)C(=O)N(c2ccc(Cl)cc2)C3=O)c1. The normalized spacial score (nSPS) is 12.4. The van der Waals surface area contributed by atoms with E-state index in [1.165, 1.54) is 31.2 Å². The van der Waals surface area contributed by atoms with Gasteiger partial charge in [-0.1, -0.05) is 23.7 Å². The van der Waals surface area contributed by atoms with Crippen LogP contribution in [-0.2, 0) is 9.53 Å². The minimum absolute atomic E-state index is 0.0178. The van der Waals surface area contributed by atoms with Crippen LogP contribution in [0.4, 0.5) is 11.4 Å². The Labute approximate surface area is 199 Å². The maximum Gasteiger partial charge on any atom is 0.338 e. The third kappa shape index (κ3) is 4.57. The molecule has 34 heavy (non-hydrogen) atoms. The minimum atomic E-state index is -0.833. The Balaban J connectivity index is 1.43. The number of imide groups is 1. The summed E-state index contributed by atoms with van der Waals surface area (Å²) in [7, 11) is 0. The van der Waals surface area contributed by atoms with Gasteiger partial charge in [-0.2, -0.15) is 0 Å². The molecule has 0 atom stereocenters. The molecule has 0 aromatic heterocycles. The number of carbonyl (C=O) groups excluding carboxylic acids is 5. The van der Waals surface area contributed by atoms with Crippen molar-refractivity contribution >= 4 is 52.4 Å². The van der Waals surface area contributed by atoms with Crippen molar-refractivity contribution < 1.29 is 28.7 Å². The Morgan fingerprint density at radius 2 is 1.59 bits per heavy atom. The fourth-order valence-electron chi connectivity index (χ4n) is 3.42. The fraction of sp³-hybridized carbons (Fsp3) is 0.0800. The zero-order valence-electron chi connectivity index (χ0n) is 17.8. The maximum absolute atomic E-state index is 12.8.